The molecule has 0 unspecified atom stereocenters. The number of Topliss-reactive ketones (excluding diaryl/α,β-unsaturated/α-hetero) is 1. The molecule has 24 heavy (non-hydrogen) atoms. The fourth-order valence-electron chi connectivity index (χ4n) is 3.27. The molecule has 0 aliphatic carbocycles. The van der Waals surface area contributed by atoms with Gasteiger partial charge in [-0.1, -0.05) is 37.3 Å². The summed E-state index contributed by atoms with van der Waals surface area (Å²) in [7, 11) is 0. The minimum atomic E-state index is -0.870. The van der Waals surface area contributed by atoms with E-state index < -0.39 is 42.3 Å². The van der Waals surface area contributed by atoms with Gasteiger partial charge in [-0.2, -0.15) is 0 Å². The summed E-state index contributed by atoms with van der Waals surface area (Å²) in [5, 5.41) is 0. The van der Waals surface area contributed by atoms with E-state index in [-0.39, 0.29) is 5.78 Å². The summed E-state index contributed by atoms with van der Waals surface area (Å²) >= 11 is 0. The Morgan fingerprint density at radius 2 is 1.75 bits per heavy atom. The van der Waals surface area contributed by atoms with Crippen LogP contribution in [0.5, 0.6) is 0 Å². The van der Waals surface area contributed by atoms with E-state index in [0.717, 1.165) is 0 Å². The van der Waals surface area contributed by atoms with E-state index in [9.17, 15) is 9.59 Å². The van der Waals surface area contributed by atoms with Crippen molar-refractivity contribution in [2.45, 2.75) is 58.1 Å². The van der Waals surface area contributed by atoms with Crippen LogP contribution in [0.1, 0.15) is 38.1 Å². The van der Waals surface area contributed by atoms with E-state index in [1.54, 1.807) is 32.9 Å². The molecule has 130 valence electrons. The predicted molar refractivity (Wildman–Crippen MR) is 84.2 cm³/mol. The Bertz CT molecular complexity index is 626. The molecule has 6 nitrogen and oxygen atoms in total. The Labute approximate surface area is 141 Å². The number of benzene rings is 1. The fraction of sp³-hybridized carbons (Fsp3) is 0.556. The van der Waals surface area contributed by atoms with Gasteiger partial charge in [0.25, 0.3) is 0 Å². The van der Waals surface area contributed by atoms with Crippen molar-refractivity contribution in [3.8, 4) is 0 Å². The zero-order valence-corrected chi connectivity index (χ0v) is 14.2. The van der Waals surface area contributed by atoms with Gasteiger partial charge in [-0.3, -0.25) is 9.59 Å². The van der Waals surface area contributed by atoms with Crippen LogP contribution in [-0.2, 0) is 23.7 Å². The minimum Gasteiger partial charge on any atom is -0.433 e. The molecule has 0 amide bonds. The number of carbonyl (C=O) groups is 2. The Balaban J connectivity index is 1.81. The summed E-state index contributed by atoms with van der Waals surface area (Å²) in [5.41, 5.74) is 0.610. The standard InChI is InChI=1S/C18H22O6/c1-10(13(20)12-8-6-5-7-9-12)14-15-16(24-18(3,4)23-15)17(22-14)21-11(2)19/h5-10,14-17H,1-4H3/t10-,14+,15+,16+,17+/m1/s1. The Morgan fingerprint density at radius 1 is 1.12 bits per heavy atom. The van der Waals surface area contributed by atoms with Crippen molar-refractivity contribution in [3.05, 3.63) is 35.9 Å². The van der Waals surface area contributed by atoms with E-state index in [0.29, 0.717) is 5.56 Å². The third-order valence-electron chi connectivity index (χ3n) is 4.29. The van der Waals surface area contributed by atoms with Crippen molar-refractivity contribution >= 4 is 11.8 Å². The molecule has 5 atom stereocenters. The first-order valence-electron chi connectivity index (χ1n) is 8.06. The van der Waals surface area contributed by atoms with Crippen LogP contribution >= 0.6 is 0 Å². The van der Waals surface area contributed by atoms with Gasteiger partial charge in [0.05, 0.1) is 0 Å². The normalized spacial score (nSPS) is 32.2. The van der Waals surface area contributed by atoms with E-state index in [1.807, 2.05) is 18.2 Å². The molecule has 2 aliphatic heterocycles. The minimum absolute atomic E-state index is 0.0452. The van der Waals surface area contributed by atoms with E-state index in [1.165, 1.54) is 6.92 Å². The summed E-state index contributed by atoms with van der Waals surface area (Å²) in [6.45, 7) is 6.68. The third kappa shape index (κ3) is 3.22. The number of fused-ring (bicyclic) bond motifs is 1. The molecule has 2 heterocycles. The van der Waals surface area contributed by atoms with Crippen molar-refractivity contribution in [2.24, 2.45) is 5.92 Å². The van der Waals surface area contributed by atoms with Crippen LogP contribution in [0.3, 0.4) is 0 Å². The molecule has 0 radical (unpaired) electrons. The molecule has 0 bridgehead atoms. The van der Waals surface area contributed by atoms with Crippen LogP contribution in [0.4, 0.5) is 0 Å². The average Bonchev–Trinajstić information content (AvgIpc) is 3.00. The topological polar surface area (TPSA) is 71.1 Å². The smallest absolute Gasteiger partial charge is 0.305 e. The second kappa shape index (κ2) is 6.27. The lowest BCUT2D eigenvalue weighted by atomic mass is 9.91. The Kier molecular flexibility index (Phi) is 4.46. The lowest BCUT2D eigenvalue weighted by Gasteiger charge is -2.26. The van der Waals surface area contributed by atoms with Crippen molar-refractivity contribution in [1.82, 2.24) is 0 Å². The van der Waals surface area contributed by atoms with Crippen molar-refractivity contribution < 1.29 is 28.5 Å². The summed E-state index contributed by atoms with van der Waals surface area (Å²) < 4.78 is 22.8. The summed E-state index contributed by atoms with van der Waals surface area (Å²) in [5.74, 6) is -1.78. The van der Waals surface area contributed by atoms with Crippen LogP contribution < -0.4 is 0 Å². The summed E-state index contributed by atoms with van der Waals surface area (Å²) in [4.78, 5) is 24.0. The predicted octanol–water partition coefficient (Wildman–Crippen LogP) is 2.31. The number of hydrogen-bond acceptors (Lipinski definition) is 6. The monoisotopic (exact) mass is 334 g/mol. The van der Waals surface area contributed by atoms with E-state index >= 15 is 0 Å². The third-order valence-corrected chi connectivity index (χ3v) is 4.29. The van der Waals surface area contributed by atoms with Gasteiger partial charge in [0, 0.05) is 18.4 Å². The van der Waals surface area contributed by atoms with Crippen LogP contribution in [-0.4, -0.2) is 42.1 Å². The highest BCUT2D eigenvalue weighted by molar-refractivity contribution is 5.98. The van der Waals surface area contributed by atoms with Gasteiger partial charge >= 0.3 is 5.97 Å². The fourth-order valence-corrected chi connectivity index (χ4v) is 3.27. The highest BCUT2D eigenvalue weighted by atomic mass is 16.8. The van der Waals surface area contributed by atoms with Gasteiger partial charge in [-0.15, -0.1) is 0 Å². The number of esters is 1. The molecular formula is C18H22O6. The number of rotatable bonds is 4. The van der Waals surface area contributed by atoms with Crippen LogP contribution in [0.25, 0.3) is 0 Å². The lowest BCUT2D eigenvalue weighted by Crippen LogP contribution is -2.37. The SMILES string of the molecule is CC(=O)O[C@H]1O[C@@H]([C@H](C)C(=O)c2ccccc2)[C@@H]2OC(C)(C)O[C@H]12. The van der Waals surface area contributed by atoms with Crippen LogP contribution in [0.15, 0.2) is 30.3 Å². The second-order valence-electron chi connectivity index (χ2n) is 6.66. The molecule has 0 spiro atoms. The Morgan fingerprint density at radius 3 is 2.38 bits per heavy atom. The highest BCUT2D eigenvalue weighted by Gasteiger charge is 2.58. The molecule has 1 aromatic carbocycles. The van der Waals surface area contributed by atoms with E-state index in [2.05, 4.69) is 0 Å². The highest BCUT2D eigenvalue weighted by Crippen LogP contribution is 2.41. The molecule has 6 heteroatoms. The van der Waals surface area contributed by atoms with Gasteiger partial charge in [-0.05, 0) is 13.8 Å². The van der Waals surface area contributed by atoms with Gasteiger partial charge in [-0.25, -0.2) is 0 Å². The number of carbonyl (C=O) groups excluding carboxylic acids is 2. The van der Waals surface area contributed by atoms with Gasteiger partial charge in [0.1, 0.15) is 12.2 Å². The molecule has 2 aliphatic rings. The zero-order valence-electron chi connectivity index (χ0n) is 14.2. The van der Waals surface area contributed by atoms with Crippen molar-refractivity contribution in [3.63, 3.8) is 0 Å². The number of ketones is 1. The van der Waals surface area contributed by atoms with Crippen LogP contribution in [0, 0.1) is 5.92 Å². The zero-order chi connectivity index (χ0) is 17.5. The average molecular weight is 334 g/mol. The lowest BCUT2D eigenvalue weighted by molar-refractivity contribution is -0.233. The van der Waals surface area contributed by atoms with Crippen molar-refractivity contribution in [1.29, 1.82) is 0 Å². The van der Waals surface area contributed by atoms with Gasteiger partial charge in [0.15, 0.2) is 17.7 Å². The maximum atomic E-state index is 12.7. The van der Waals surface area contributed by atoms with Gasteiger partial charge in [0.2, 0.25) is 6.29 Å². The molecule has 2 fully saturated rings. The molecule has 1 aromatic rings. The molecule has 0 aromatic heterocycles. The first kappa shape index (κ1) is 17.1. The maximum absolute atomic E-state index is 12.7. The molecule has 0 N–H and O–H groups in total. The maximum Gasteiger partial charge on any atom is 0.305 e. The van der Waals surface area contributed by atoms with E-state index in [4.69, 9.17) is 18.9 Å². The largest absolute Gasteiger partial charge is 0.433 e. The summed E-state index contributed by atoms with van der Waals surface area (Å²) in [6, 6.07) is 9.03. The molecule has 0 saturated carbocycles. The van der Waals surface area contributed by atoms with Gasteiger partial charge < -0.3 is 18.9 Å². The first-order valence-corrected chi connectivity index (χ1v) is 8.06. The molecule has 3 rings (SSSR count). The first-order chi connectivity index (χ1) is 11.3. The van der Waals surface area contributed by atoms with Crippen molar-refractivity contribution in [2.75, 3.05) is 0 Å². The molecular weight excluding hydrogens is 312 g/mol. The molecule has 2 saturated heterocycles. The quantitative estimate of drug-likeness (QED) is 0.622. The summed E-state index contributed by atoms with van der Waals surface area (Å²) in [6.07, 6.45) is -2.42. The second-order valence-corrected chi connectivity index (χ2v) is 6.66. The number of hydrogen-bond donors (Lipinski definition) is 0. The Hall–Kier alpha value is -1.76. The van der Waals surface area contributed by atoms with Crippen LogP contribution in [0.2, 0.25) is 0 Å². The number of ether oxygens (including phenoxy) is 4.